The molecule has 0 aliphatic carbocycles. The number of phosphoric acid groups is 1. The molecule has 2 atom stereocenters. The largest absolute Gasteiger partial charge is 0.756 e. The minimum Gasteiger partial charge on any atom is -0.756 e. The molecule has 0 rings (SSSR count). The van der Waals surface area contributed by atoms with E-state index >= 15 is 0 Å². The van der Waals surface area contributed by atoms with Crippen LogP contribution in [0.2, 0.25) is 0 Å². The highest BCUT2D eigenvalue weighted by Gasteiger charge is 2.21. The van der Waals surface area contributed by atoms with Gasteiger partial charge in [0.05, 0.1) is 27.7 Å². The maximum absolute atomic E-state index is 12.3. The van der Waals surface area contributed by atoms with E-state index in [0.717, 1.165) is 19.3 Å². The summed E-state index contributed by atoms with van der Waals surface area (Å²) in [6.45, 7) is 3.85. The number of nitrogens with zero attached hydrogens (tertiary/aromatic N) is 1. The van der Waals surface area contributed by atoms with Crippen molar-refractivity contribution in [2.45, 2.75) is 225 Å². The van der Waals surface area contributed by atoms with Crippen molar-refractivity contribution in [2.24, 2.45) is 0 Å². The van der Waals surface area contributed by atoms with Gasteiger partial charge in [0, 0.05) is 12.8 Å². The molecule has 0 fully saturated rings. The first kappa shape index (κ1) is 53.0. The van der Waals surface area contributed by atoms with Crippen LogP contribution in [-0.2, 0) is 32.7 Å². The van der Waals surface area contributed by atoms with E-state index in [9.17, 15) is 19.0 Å². The van der Waals surface area contributed by atoms with Crippen molar-refractivity contribution in [3.63, 3.8) is 0 Å². The van der Waals surface area contributed by atoms with Crippen molar-refractivity contribution in [3.05, 3.63) is 0 Å². The van der Waals surface area contributed by atoms with Gasteiger partial charge < -0.3 is 27.9 Å². The lowest BCUT2D eigenvalue weighted by Gasteiger charge is -2.28. The van der Waals surface area contributed by atoms with Crippen LogP contribution >= 0.6 is 7.82 Å². The van der Waals surface area contributed by atoms with Gasteiger partial charge in [0.2, 0.25) is 0 Å². The molecule has 322 valence electrons. The second-order valence-electron chi connectivity index (χ2n) is 16.8. The number of phosphoric ester groups is 1. The Labute approximate surface area is 334 Å². The Morgan fingerprint density at radius 1 is 0.500 bits per heavy atom. The average Bonchev–Trinajstić information content (AvgIpc) is 3.11. The zero-order chi connectivity index (χ0) is 40.0. The molecule has 0 aliphatic rings. The monoisotopic (exact) mass is 790 g/mol. The lowest BCUT2D eigenvalue weighted by molar-refractivity contribution is -0.870. The first-order valence-corrected chi connectivity index (χ1v) is 24.2. The number of rotatable bonds is 42. The van der Waals surface area contributed by atoms with Crippen LogP contribution in [0.25, 0.3) is 0 Å². The van der Waals surface area contributed by atoms with E-state index in [1.165, 1.54) is 167 Å². The van der Waals surface area contributed by atoms with Gasteiger partial charge in [-0.15, -0.1) is 0 Å². The van der Waals surface area contributed by atoms with Gasteiger partial charge >= 0.3 is 11.9 Å². The first-order chi connectivity index (χ1) is 26.0. The van der Waals surface area contributed by atoms with Gasteiger partial charge in [0.15, 0.2) is 6.10 Å². The topological polar surface area (TPSA) is 111 Å². The van der Waals surface area contributed by atoms with Gasteiger partial charge in [-0.05, 0) is 12.8 Å². The minimum absolute atomic E-state index is 0.0285. The third-order valence-electron chi connectivity index (χ3n) is 10.1. The van der Waals surface area contributed by atoms with E-state index in [4.69, 9.17) is 18.5 Å². The highest BCUT2D eigenvalue weighted by molar-refractivity contribution is 7.45. The van der Waals surface area contributed by atoms with E-state index in [1.807, 2.05) is 28.1 Å². The lowest BCUT2D eigenvalue weighted by atomic mass is 10.0. The van der Waals surface area contributed by atoms with Crippen LogP contribution in [0.3, 0.4) is 0 Å². The van der Waals surface area contributed by atoms with Crippen molar-refractivity contribution < 1.29 is 42.1 Å². The maximum atomic E-state index is 12.3. The number of esters is 2. The highest BCUT2D eigenvalue weighted by atomic mass is 31.2. The molecule has 0 heterocycles. The summed E-state index contributed by atoms with van der Waals surface area (Å²) in [4.78, 5) is 36.5. The zero-order valence-electron chi connectivity index (χ0n) is 36.2. The summed E-state index contributed by atoms with van der Waals surface area (Å²) in [5.41, 5.74) is 0. The Kier molecular flexibility index (Phi) is 36.9. The molecule has 10 heteroatoms. The predicted molar refractivity (Wildman–Crippen MR) is 222 cm³/mol. The SMILES string of the molecule is CCCCCCCCCCCCCCCCCCCCCCCCCCCCCCCC(=O)OC[C@H](COP(=O)([O-])OCC[N+](C)(C)C)OC(=O)CCC. The van der Waals surface area contributed by atoms with Gasteiger partial charge in [-0.3, -0.25) is 14.2 Å². The van der Waals surface area contributed by atoms with E-state index < -0.39 is 26.5 Å². The summed E-state index contributed by atoms with van der Waals surface area (Å²) < 4.78 is 33.1. The maximum Gasteiger partial charge on any atom is 0.306 e. The van der Waals surface area contributed by atoms with Crippen molar-refractivity contribution in [1.82, 2.24) is 0 Å². The average molecular weight is 790 g/mol. The minimum atomic E-state index is -4.59. The summed E-state index contributed by atoms with van der Waals surface area (Å²) in [5.74, 6) is -0.884. The molecule has 0 saturated heterocycles. The van der Waals surface area contributed by atoms with E-state index in [-0.39, 0.29) is 32.0 Å². The number of hydrogen-bond acceptors (Lipinski definition) is 8. The summed E-state index contributed by atoms with van der Waals surface area (Å²) in [7, 11) is 1.17. The lowest BCUT2D eigenvalue weighted by Crippen LogP contribution is -2.37. The molecule has 0 radical (unpaired) electrons. The van der Waals surface area contributed by atoms with Crippen molar-refractivity contribution in [2.75, 3.05) is 47.5 Å². The summed E-state index contributed by atoms with van der Waals surface area (Å²) in [6, 6.07) is 0. The van der Waals surface area contributed by atoms with Crippen LogP contribution in [0, 0.1) is 0 Å². The van der Waals surface area contributed by atoms with Crippen LogP contribution in [0.1, 0.15) is 219 Å². The molecule has 9 nitrogen and oxygen atoms in total. The van der Waals surface area contributed by atoms with Gasteiger partial charge in [-0.2, -0.15) is 0 Å². The van der Waals surface area contributed by atoms with E-state index in [1.54, 1.807) is 0 Å². The Morgan fingerprint density at radius 2 is 0.870 bits per heavy atom. The number of carbonyl (C=O) groups excluding carboxylic acids is 2. The summed E-state index contributed by atoms with van der Waals surface area (Å²) in [5, 5.41) is 0. The van der Waals surface area contributed by atoms with Crippen LogP contribution in [0.4, 0.5) is 0 Å². The third-order valence-corrected chi connectivity index (χ3v) is 11.1. The molecule has 0 amide bonds. The number of quaternary nitrogens is 1. The summed E-state index contributed by atoms with van der Waals surface area (Å²) >= 11 is 0. The predicted octanol–water partition coefficient (Wildman–Crippen LogP) is 12.2. The standard InChI is InChI=1S/C44H88NO8P/c1-6-8-9-10-11-12-13-14-15-16-17-18-19-20-21-22-23-24-25-26-27-28-29-30-31-32-33-34-35-37-43(46)50-40-42(53-44(47)36-7-2)41-52-54(48,49)51-39-38-45(3,4)5/h42H,6-41H2,1-5H3/t42-/m1/s1. The molecule has 0 aromatic carbocycles. The van der Waals surface area contributed by atoms with Crippen molar-refractivity contribution in [3.8, 4) is 0 Å². The van der Waals surface area contributed by atoms with Crippen LogP contribution in [0.15, 0.2) is 0 Å². The smallest absolute Gasteiger partial charge is 0.306 e. The van der Waals surface area contributed by atoms with E-state index in [2.05, 4.69) is 6.92 Å². The van der Waals surface area contributed by atoms with Gasteiger partial charge in [-0.1, -0.05) is 194 Å². The normalized spacial score (nSPS) is 13.5. The molecular weight excluding hydrogens is 701 g/mol. The second kappa shape index (κ2) is 37.6. The zero-order valence-corrected chi connectivity index (χ0v) is 37.1. The molecule has 0 aromatic heterocycles. The number of carbonyl (C=O) groups is 2. The highest BCUT2D eigenvalue weighted by Crippen LogP contribution is 2.38. The Hall–Kier alpha value is -0.990. The van der Waals surface area contributed by atoms with Crippen LogP contribution in [0.5, 0.6) is 0 Å². The molecule has 0 aromatic rings. The second-order valence-corrected chi connectivity index (χ2v) is 18.2. The Balaban J connectivity index is 3.64. The first-order valence-electron chi connectivity index (χ1n) is 22.7. The summed E-state index contributed by atoms with van der Waals surface area (Å²) in [6.07, 6.45) is 39.2. The van der Waals surface area contributed by atoms with Crippen LogP contribution < -0.4 is 4.89 Å². The molecule has 0 aliphatic heterocycles. The van der Waals surface area contributed by atoms with Gasteiger partial charge in [-0.25, -0.2) is 0 Å². The molecule has 54 heavy (non-hydrogen) atoms. The number of ether oxygens (including phenoxy) is 2. The van der Waals surface area contributed by atoms with E-state index in [0.29, 0.717) is 17.4 Å². The fourth-order valence-corrected chi connectivity index (χ4v) is 7.31. The third kappa shape index (κ3) is 40.7. The molecule has 0 N–H and O–H groups in total. The molecule has 0 spiro atoms. The fourth-order valence-electron chi connectivity index (χ4n) is 6.58. The van der Waals surface area contributed by atoms with Crippen molar-refractivity contribution in [1.29, 1.82) is 0 Å². The quantitative estimate of drug-likeness (QED) is 0.0260. The number of likely N-dealkylation sites (N-methyl/N-ethyl adjacent to an activating group) is 1. The number of unbranched alkanes of at least 4 members (excludes halogenated alkanes) is 28. The Morgan fingerprint density at radius 3 is 1.22 bits per heavy atom. The van der Waals surface area contributed by atoms with Gasteiger partial charge in [0.25, 0.3) is 7.82 Å². The Bertz CT molecular complexity index is 896. The van der Waals surface area contributed by atoms with Gasteiger partial charge in [0.1, 0.15) is 19.8 Å². The molecule has 1 unspecified atom stereocenters. The van der Waals surface area contributed by atoms with Crippen LogP contribution in [-0.4, -0.2) is 70.0 Å². The number of hydrogen-bond donors (Lipinski definition) is 0. The molecule has 0 bridgehead atoms. The fraction of sp³-hybridized carbons (Fsp3) is 0.955. The van der Waals surface area contributed by atoms with Crippen molar-refractivity contribution >= 4 is 19.8 Å². The molecular formula is C44H88NO8P. The molecule has 0 saturated carbocycles.